The van der Waals surface area contributed by atoms with Crippen molar-refractivity contribution in [1.29, 1.82) is 0 Å². The van der Waals surface area contributed by atoms with Crippen LogP contribution < -0.4 is 4.89 Å². The maximum atomic E-state index is 12.7. The SMILES string of the molecule is CCCCC/C=C\C/C=C\CCCCCCCCCC(=O)OC(COC(=O)CCCCCCCCCCCCCCCCCCCCCCCC)COP(=O)([O-])OCC[N+](C)(C)C. The third-order valence-electron chi connectivity index (χ3n) is 11.7. The van der Waals surface area contributed by atoms with E-state index in [0.29, 0.717) is 17.4 Å². The molecule has 0 N–H and O–H groups in total. The molecule has 63 heavy (non-hydrogen) atoms. The average molecular weight is 912 g/mol. The number of ether oxygens (including phenoxy) is 2. The predicted octanol–water partition coefficient (Wildman–Crippen LogP) is 15.2. The summed E-state index contributed by atoms with van der Waals surface area (Å²) in [5, 5.41) is 0. The van der Waals surface area contributed by atoms with Crippen molar-refractivity contribution in [2.24, 2.45) is 0 Å². The van der Waals surface area contributed by atoms with Crippen molar-refractivity contribution in [1.82, 2.24) is 0 Å². The molecular weight excluding hydrogens is 810 g/mol. The molecular formula is C53H102NO8P. The molecule has 0 radical (unpaired) electrons. The van der Waals surface area contributed by atoms with Gasteiger partial charge in [-0.15, -0.1) is 0 Å². The van der Waals surface area contributed by atoms with Crippen LogP contribution in [0.2, 0.25) is 0 Å². The first-order valence-electron chi connectivity index (χ1n) is 26.5. The highest BCUT2D eigenvalue weighted by Crippen LogP contribution is 2.38. The van der Waals surface area contributed by atoms with Gasteiger partial charge in [-0.3, -0.25) is 14.2 Å². The molecule has 0 saturated heterocycles. The molecule has 0 aliphatic rings. The van der Waals surface area contributed by atoms with E-state index >= 15 is 0 Å². The Hall–Kier alpha value is -1.51. The van der Waals surface area contributed by atoms with Crippen LogP contribution in [-0.2, 0) is 32.7 Å². The van der Waals surface area contributed by atoms with Gasteiger partial charge in [-0.2, -0.15) is 0 Å². The third kappa shape index (κ3) is 49.8. The molecule has 0 heterocycles. The number of rotatable bonds is 49. The van der Waals surface area contributed by atoms with Gasteiger partial charge in [0, 0.05) is 12.8 Å². The molecule has 0 saturated carbocycles. The Morgan fingerprint density at radius 2 is 0.857 bits per heavy atom. The van der Waals surface area contributed by atoms with Gasteiger partial charge in [0.25, 0.3) is 7.82 Å². The van der Waals surface area contributed by atoms with Gasteiger partial charge in [0.1, 0.15) is 19.8 Å². The summed E-state index contributed by atoms with van der Waals surface area (Å²) in [6.07, 6.45) is 52.1. The second-order valence-electron chi connectivity index (χ2n) is 19.2. The van der Waals surface area contributed by atoms with Crippen LogP contribution in [-0.4, -0.2) is 70.0 Å². The van der Waals surface area contributed by atoms with Crippen LogP contribution in [0.1, 0.15) is 251 Å². The van der Waals surface area contributed by atoms with Gasteiger partial charge in [0.2, 0.25) is 0 Å². The zero-order valence-corrected chi connectivity index (χ0v) is 42.9. The first-order valence-corrected chi connectivity index (χ1v) is 28.0. The number of carbonyl (C=O) groups excluding carboxylic acids is 2. The number of unbranched alkanes of at least 4 members (excludes halogenated alkanes) is 31. The van der Waals surface area contributed by atoms with E-state index in [9.17, 15) is 19.0 Å². The Kier molecular flexibility index (Phi) is 44.5. The van der Waals surface area contributed by atoms with E-state index < -0.39 is 26.5 Å². The van der Waals surface area contributed by atoms with Crippen molar-refractivity contribution >= 4 is 19.8 Å². The van der Waals surface area contributed by atoms with Gasteiger partial charge in [-0.25, -0.2) is 0 Å². The topological polar surface area (TPSA) is 111 Å². The number of nitrogens with zero attached hydrogens (tertiary/aromatic N) is 1. The van der Waals surface area contributed by atoms with Gasteiger partial charge in [0.15, 0.2) is 6.10 Å². The number of allylic oxidation sites excluding steroid dienone is 4. The zero-order chi connectivity index (χ0) is 46.4. The Labute approximate surface area is 389 Å². The molecule has 0 fully saturated rings. The van der Waals surface area contributed by atoms with Crippen LogP contribution in [0, 0.1) is 0 Å². The maximum absolute atomic E-state index is 12.7. The summed E-state index contributed by atoms with van der Waals surface area (Å²) >= 11 is 0. The third-order valence-corrected chi connectivity index (χ3v) is 12.7. The summed E-state index contributed by atoms with van der Waals surface area (Å²) in [5.41, 5.74) is 0. The predicted molar refractivity (Wildman–Crippen MR) is 264 cm³/mol. The number of carbonyl (C=O) groups is 2. The van der Waals surface area contributed by atoms with Crippen LogP contribution in [0.15, 0.2) is 24.3 Å². The van der Waals surface area contributed by atoms with E-state index in [1.165, 1.54) is 167 Å². The molecule has 9 nitrogen and oxygen atoms in total. The molecule has 0 rings (SSSR count). The van der Waals surface area contributed by atoms with Crippen LogP contribution in [0.5, 0.6) is 0 Å². The summed E-state index contributed by atoms with van der Waals surface area (Å²) in [6, 6.07) is 0. The average Bonchev–Trinajstić information content (AvgIpc) is 3.24. The minimum atomic E-state index is -4.63. The van der Waals surface area contributed by atoms with E-state index in [0.717, 1.165) is 51.4 Å². The fourth-order valence-corrected chi connectivity index (χ4v) is 8.30. The number of quaternary nitrogens is 1. The van der Waals surface area contributed by atoms with Crippen molar-refractivity contribution in [3.63, 3.8) is 0 Å². The van der Waals surface area contributed by atoms with E-state index in [4.69, 9.17) is 18.5 Å². The summed E-state index contributed by atoms with van der Waals surface area (Å²) in [7, 11) is 1.17. The molecule has 0 amide bonds. The highest BCUT2D eigenvalue weighted by atomic mass is 31.2. The number of esters is 2. The molecule has 0 aliphatic heterocycles. The minimum absolute atomic E-state index is 0.0303. The van der Waals surface area contributed by atoms with Crippen molar-refractivity contribution < 1.29 is 42.1 Å². The lowest BCUT2D eigenvalue weighted by atomic mass is 10.0. The Bertz CT molecular complexity index is 1120. The number of hydrogen-bond donors (Lipinski definition) is 0. The molecule has 0 aromatic rings. The van der Waals surface area contributed by atoms with Gasteiger partial charge in [-0.1, -0.05) is 218 Å². The van der Waals surface area contributed by atoms with E-state index in [-0.39, 0.29) is 32.0 Å². The molecule has 372 valence electrons. The van der Waals surface area contributed by atoms with Crippen LogP contribution >= 0.6 is 7.82 Å². The normalized spacial score (nSPS) is 13.6. The molecule has 0 spiro atoms. The Morgan fingerprint density at radius 3 is 1.29 bits per heavy atom. The molecule has 0 bridgehead atoms. The van der Waals surface area contributed by atoms with Gasteiger partial charge in [0.05, 0.1) is 27.7 Å². The maximum Gasteiger partial charge on any atom is 0.306 e. The van der Waals surface area contributed by atoms with E-state index in [1.807, 2.05) is 21.1 Å². The summed E-state index contributed by atoms with van der Waals surface area (Å²) in [4.78, 5) is 37.7. The fraction of sp³-hybridized carbons (Fsp3) is 0.887. The van der Waals surface area contributed by atoms with Gasteiger partial charge in [-0.05, 0) is 44.9 Å². The first kappa shape index (κ1) is 61.5. The summed E-state index contributed by atoms with van der Waals surface area (Å²) < 4.78 is 34.1. The number of phosphoric acid groups is 1. The highest BCUT2D eigenvalue weighted by molar-refractivity contribution is 7.45. The number of likely N-dealkylation sites (N-methyl/N-ethyl adjacent to an activating group) is 1. The smallest absolute Gasteiger partial charge is 0.306 e. The number of hydrogen-bond acceptors (Lipinski definition) is 8. The summed E-state index contributed by atoms with van der Waals surface area (Å²) in [5.74, 6) is -0.830. The van der Waals surface area contributed by atoms with Crippen molar-refractivity contribution in [2.45, 2.75) is 258 Å². The molecule has 2 unspecified atom stereocenters. The zero-order valence-electron chi connectivity index (χ0n) is 42.0. The van der Waals surface area contributed by atoms with Crippen molar-refractivity contribution in [3.05, 3.63) is 24.3 Å². The molecule has 10 heteroatoms. The molecule has 0 aromatic heterocycles. The van der Waals surface area contributed by atoms with Gasteiger partial charge >= 0.3 is 11.9 Å². The van der Waals surface area contributed by atoms with E-state index in [2.05, 4.69) is 38.2 Å². The standard InChI is InChI=1S/C53H102NO8P/c1-6-8-10-12-14-16-18-20-22-24-25-26-27-28-30-31-33-35-37-39-41-43-45-52(55)59-49-51(50-61-63(57,58)60-48-47-54(3,4)5)62-53(56)46-44-42-40-38-36-34-32-29-23-21-19-17-15-13-11-9-7-2/h15,17,21,23,51H,6-14,16,18-20,22,24-50H2,1-5H3/b17-15-,23-21-. The van der Waals surface area contributed by atoms with Gasteiger partial charge < -0.3 is 27.9 Å². The highest BCUT2D eigenvalue weighted by Gasteiger charge is 2.21. The molecule has 0 aliphatic carbocycles. The van der Waals surface area contributed by atoms with Crippen LogP contribution in [0.4, 0.5) is 0 Å². The lowest BCUT2D eigenvalue weighted by Gasteiger charge is -2.28. The minimum Gasteiger partial charge on any atom is -0.756 e. The lowest BCUT2D eigenvalue weighted by molar-refractivity contribution is -0.870. The van der Waals surface area contributed by atoms with Crippen LogP contribution in [0.25, 0.3) is 0 Å². The van der Waals surface area contributed by atoms with Crippen LogP contribution in [0.3, 0.4) is 0 Å². The summed E-state index contributed by atoms with van der Waals surface area (Å²) in [6.45, 7) is 4.24. The van der Waals surface area contributed by atoms with Crippen molar-refractivity contribution in [3.8, 4) is 0 Å². The van der Waals surface area contributed by atoms with Crippen molar-refractivity contribution in [2.75, 3.05) is 47.5 Å². The molecule has 2 atom stereocenters. The number of phosphoric ester groups is 1. The second kappa shape index (κ2) is 45.6. The fourth-order valence-electron chi connectivity index (χ4n) is 7.57. The second-order valence-corrected chi connectivity index (χ2v) is 20.7. The molecule has 0 aromatic carbocycles. The quantitative estimate of drug-likeness (QED) is 0.0195. The van der Waals surface area contributed by atoms with E-state index in [1.54, 1.807) is 0 Å². The monoisotopic (exact) mass is 912 g/mol. The Balaban J connectivity index is 4.19. The largest absolute Gasteiger partial charge is 0.756 e. The lowest BCUT2D eigenvalue weighted by Crippen LogP contribution is -2.37. The first-order chi connectivity index (χ1) is 30.5. The Morgan fingerprint density at radius 1 is 0.492 bits per heavy atom.